The second-order valence-electron chi connectivity index (χ2n) is 4.42. The summed E-state index contributed by atoms with van der Waals surface area (Å²) >= 11 is 1.56. The summed E-state index contributed by atoms with van der Waals surface area (Å²) < 4.78 is 26.6. The highest BCUT2D eigenvalue weighted by molar-refractivity contribution is 7.99. The van der Waals surface area contributed by atoms with Crippen LogP contribution in [0.3, 0.4) is 0 Å². The molecule has 0 aromatic heterocycles. The number of aliphatic hydroxyl groups excluding tert-OH is 1. The monoisotopic (exact) mass is 244 g/mol. The predicted molar refractivity (Wildman–Crippen MR) is 61.2 cm³/mol. The SMILES string of the molecule is CC(C)C1SCc2cc(F)cc(F)c2C1O. The molecule has 16 heavy (non-hydrogen) atoms. The molecule has 0 spiro atoms. The number of halogens is 2. The number of benzene rings is 1. The van der Waals surface area contributed by atoms with Gasteiger partial charge in [-0.2, -0.15) is 11.8 Å². The number of thioether (sulfide) groups is 1. The lowest BCUT2D eigenvalue weighted by molar-refractivity contribution is 0.151. The second kappa shape index (κ2) is 4.34. The lowest BCUT2D eigenvalue weighted by Crippen LogP contribution is -2.27. The Balaban J connectivity index is 2.44. The maximum atomic E-state index is 13.6. The van der Waals surface area contributed by atoms with Crippen molar-refractivity contribution < 1.29 is 13.9 Å². The topological polar surface area (TPSA) is 20.2 Å². The van der Waals surface area contributed by atoms with Gasteiger partial charge in [0, 0.05) is 22.6 Å². The molecule has 1 N–H and O–H groups in total. The Hall–Kier alpha value is -0.610. The molecule has 1 heterocycles. The molecule has 2 rings (SSSR count). The van der Waals surface area contributed by atoms with E-state index < -0.39 is 17.7 Å². The smallest absolute Gasteiger partial charge is 0.132 e. The molecular formula is C12H14F2OS. The fourth-order valence-electron chi connectivity index (χ4n) is 2.09. The van der Waals surface area contributed by atoms with Gasteiger partial charge in [-0.25, -0.2) is 8.78 Å². The van der Waals surface area contributed by atoms with E-state index in [1.807, 2.05) is 13.8 Å². The van der Waals surface area contributed by atoms with E-state index in [2.05, 4.69) is 0 Å². The molecule has 0 bridgehead atoms. The van der Waals surface area contributed by atoms with Gasteiger partial charge in [0.05, 0.1) is 6.10 Å². The summed E-state index contributed by atoms with van der Waals surface area (Å²) in [5.74, 6) is -0.387. The Morgan fingerprint density at radius 1 is 1.38 bits per heavy atom. The Bertz CT molecular complexity index is 406. The molecule has 0 aliphatic carbocycles. The van der Waals surface area contributed by atoms with Gasteiger partial charge in [-0.15, -0.1) is 0 Å². The summed E-state index contributed by atoms with van der Waals surface area (Å²) in [5, 5.41) is 10.1. The Kier molecular flexibility index (Phi) is 3.22. The number of fused-ring (bicyclic) bond motifs is 1. The van der Waals surface area contributed by atoms with Gasteiger partial charge >= 0.3 is 0 Å². The van der Waals surface area contributed by atoms with E-state index in [0.29, 0.717) is 11.3 Å². The van der Waals surface area contributed by atoms with Crippen LogP contribution in [0.1, 0.15) is 31.1 Å². The quantitative estimate of drug-likeness (QED) is 0.818. The molecule has 0 radical (unpaired) electrons. The zero-order valence-electron chi connectivity index (χ0n) is 9.21. The lowest BCUT2D eigenvalue weighted by Gasteiger charge is -2.32. The maximum Gasteiger partial charge on any atom is 0.132 e. The number of hydrogen-bond acceptors (Lipinski definition) is 2. The van der Waals surface area contributed by atoms with Crippen LogP contribution in [-0.2, 0) is 5.75 Å². The Morgan fingerprint density at radius 3 is 2.69 bits per heavy atom. The Morgan fingerprint density at radius 2 is 2.06 bits per heavy atom. The van der Waals surface area contributed by atoms with E-state index in [9.17, 15) is 13.9 Å². The van der Waals surface area contributed by atoms with Crippen molar-refractivity contribution in [2.75, 3.05) is 0 Å². The van der Waals surface area contributed by atoms with Gasteiger partial charge in [0.15, 0.2) is 0 Å². The summed E-state index contributed by atoms with van der Waals surface area (Å²) in [6.07, 6.45) is -0.839. The normalized spacial score (nSPS) is 24.6. The standard InChI is InChI=1S/C12H14F2OS/c1-6(2)12-11(15)10-7(5-16-12)3-8(13)4-9(10)14/h3-4,6,11-12,15H,5H2,1-2H3. The van der Waals surface area contributed by atoms with Crippen molar-refractivity contribution in [2.24, 2.45) is 5.92 Å². The minimum absolute atomic E-state index is 0.0209. The molecule has 0 amide bonds. The molecule has 1 aliphatic heterocycles. The van der Waals surface area contributed by atoms with Gasteiger partial charge in [-0.1, -0.05) is 13.8 Å². The molecule has 0 saturated carbocycles. The van der Waals surface area contributed by atoms with Crippen molar-refractivity contribution in [2.45, 2.75) is 31.0 Å². The third kappa shape index (κ3) is 1.96. The molecule has 1 aromatic carbocycles. The molecule has 1 nitrogen and oxygen atoms in total. The van der Waals surface area contributed by atoms with Crippen molar-refractivity contribution >= 4 is 11.8 Å². The van der Waals surface area contributed by atoms with Gasteiger partial charge < -0.3 is 5.11 Å². The highest BCUT2D eigenvalue weighted by Crippen LogP contribution is 2.42. The molecule has 4 heteroatoms. The zero-order valence-corrected chi connectivity index (χ0v) is 10.0. The summed E-state index contributed by atoms with van der Waals surface area (Å²) in [6.45, 7) is 3.99. The third-order valence-corrected chi connectivity index (χ3v) is 4.54. The van der Waals surface area contributed by atoms with E-state index in [-0.39, 0.29) is 16.7 Å². The van der Waals surface area contributed by atoms with E-state index >= 15 is 0 Å². The highest BCUT2D eigenvalue weighted by atomic mass is 32.2. The van der Waals surface area contributed by atoms with E-state index in [1.54, 1.807) is 11.8 Å². The first-order valence-electron chi connectivity index (χ1n) is 5.28. The first kappa shape index (κ1) is 11.9. The molecule has 1 aromatic rings. The maximum absolute atomic E-state index is 13.6. The van der Waals surface area contributed by atoms with Crippen LogP contribution in [0.25, 0.3) is 0 Å². The van der Waals surface area contributed by atoms with Gasteiger partial charge in [-0.3, -0.25) is 0 Å². The molecule has 0 fully saturated rings. The fourth-order valence-corrected chi connectivity index (χ4v) is 3.40. The molecular weight excluding hydrogens is 230 g/mol. The summed E-state index contributed by atoms with van der Waals surface area (Å²) in [7, 11) is 0. The fraction of sp³-hybridized carbons (Fsp3) is 0.500. The average Bonchev–Trinajstić information content (AvgIpc) is 2.15. The molecule has 1 aliphatic rings. The van der Waals surface area contributed by atoms with Crippen LogP contribution in [0, 0.1) is 17.6 Å². The van der Waals surface area contributed by atoms with Crippen LogP contribution in [0.15, 0.2) is 12.1 Å². The largest absolute Gasteiger partial charge is 0.387 e. The van der Waals surface area contributed by atoms with Gasteiger partial charge in [0.1, 0.15) is 11.6 Å². The van der Waals surface area contributed by atoms with Crippen LogP contribution >= 0.6 is 11.8 Å². The van der Waals surface area contributed by atoms with Crippen LogP contribution in [-0.4, -0.2) is 10.4 Å². The summed E-state index contributed by atoms with van der Waals surface area (Å²) in [6, 6.07) is 2.15. The van der Waals surface area contributed by atoms with Gasteiger partial charge in [0.2, 0.25) is 0 Å². The first-order valence-corrected chi connectivity index (χ1v) is 6.33. The number of aliphatic hydroxyl groups is 1. The van der Waals surface area contributed by atoms with Crippen molar-refractivity contribution in [3.05, 3.63) is 34.9 Å². The second-order valence-corrected chi connectivity index (χ2v) is 5.59. The number of rotatable bonds is 1. The van der Waals surface area contributed by atoms with Crippen LogP contribution in [0.2, 0.25) is 0 Å². The van der Waals surface area contributed by atoms with Crippen molar-refractivity contribution in [3.63, 3.8) is 0 Å². The van der Waals surface area contributed by atoms with Crippen LogP contribution < -0.4 is 0 Å². The van der Waals surface area contributed by atoms with E-state index in [1.165, 1.54) is 6.07 Å². The van der Waals surface area contributed by atoms with Gasteiger partial charge in [0.25, 0.3) is 0 Å². The van der Waals surface area contributed by atoms with Crippen molar-refractivity contribution in [1.29, 1.82) is 0 Å². The summed E-state index contributed by atoms with van der Waals surface area (Å²) in [4.78, 5) is 0. The summed E-state index contributed by atoms with van der Waals surface area (Å²) in [5.41, 5.74) is 0.853. The molecule has 0 saturated heterocycles. The lowest BCUT2D eigenvalue weighted by atomic mass is 9.94. The third-order valence-electron chi connectivity index (χ3n) is 2.88. The first-order chi connectivity index (χ1) is 7.50. The average molecular weight is 244 g/mol. The predicted octanol–water partition coefficient (Wildman–Crippen LogP) is 3.27. The molecule has 2 atom stereocenters. The van der Waals surface area contributed by atoms with Crippen molar-refractivity contribution in [1.82, 2.24) is 0 Å². The van der Waals surface area contributed by atoms with Crippen LogP contribution in [0.4, 0.5) is 8.78 Å². The van der Waals surface area contributed by atoms with E-state index in [4.69, 9.17) is 0 Å². The van der Waals surface area contributed by atoms with E-state index in [0.717, 1.165) is 6.07 Å². The Labute approximate surface area is 97.9 Å². The van der Waals surface area contributed by atoms with Gasteiger partial charge in [-0.05, 0) is 17.5 Å². The van der Waals surface area contributed by atoms with Crippen LogP contribution in [0.5, 0.6) is 0 Å². The highest BCUT2D eigenvalue weighted by Gasteiger charge is 2.33. The van der Waals surface area contributed by atoms with Crippen molar-refractivity contribution in [3.8, 4) is 0 Å². The molecule has 88 valence electrons. The number of hydrogen-bond donors (Lipinski definition) is 1. The zero-order chi connectivity index (χ0) is 11.9. The minimum atomic E-state index is -0.839. The molecule has 2 unspecified atom stereocenters. The minimum Gasteiger partial charge on any atom is -0.387 e.